The fraction of sp³-hybridized carbons (Fsp3) is 0.556. The van der Waals surface area contributed by atoms with Gasteiger partial charge in [0.1, 0.15) is 0 Å². The van der Waals surface area contributed by atoms with Gasteiger partial charge in [0.15, 0.2) is 0 Å². The molecule has 2 unspecified atom stereocenters. The molecule has 1 aliphatic carbocycles. The summed E-state index contributed by atoms with van der Waals surface area (Å²) in [4.78, 5) is 26.6. The summed E-state index contributed by atoms with van der Waals surface area (Å²) in [6.07, 6.45) is 2.54. The summed E-state index contributed by atoms with van der Waals surface area (Å²) >= 11 is 0. The van der Waals surface area contributed by atoms with E-state index in [0.29, 0.717) is 6.42 Å². The Balaban J connectivity index is 1.93. The second-order valence-corrected chi connectivity index (χ2v) is 5.90. The summed E-state index contributed by atoms with van der Waals surface area (Å²) < 4.78 is 0. The van der Waals surface area contributed by atoms with Crippen LogP contribution in [0.1, 0.15) is 50.8 Å². The highest BCUT2D eigenvalue weighted by molar-refractivity contribution is 5.97. The topological polar surface area (TPSA) is 61.4 Å². The highest BCUT2D eigenvalue weighted by atomic mass is 16.2. The highest BCUT2D eigenvalue weighted by Gasteiger charge is 2.26. The standard InChI is InChI=1S/C18H27N3O2/c1-4-16(21(5-2)6-3)17(22)20-18(23)19-15-12-11-13-9-7-8-10-14(13)15/h7-10,15-16H,4-6,11-12H2,1-3H3,(H2,19,20,22,23). The minimum Gasteiger partial charge on any atom is -0.331 e. The lowest BCUT2D eigenvalue weighted by molar-refractivity contribution is -0.125. The maximum atomic E-state index is 12.3. The molecule has 126 valence electrons. The van der Waals surface area contributed by atoms with Gasteiger partial charge < -0.3 is 5.32 Å². The van der Waals surface area contributed by atoms with E-state index in [1.54, 1.807) is 0 Å². The minimum atomic E-state index is -0.401. The molecule has 0 spiro atoms. The largest absolute Gasteiger partial charge is 0.331 e. The molecule has 1 aromatic carbocycles. The molecule has 0 fully saturated rings. The van der Waals surface area contributed by atoms with Gasteiger partial charge in [-0.2, -0.15) is 0 Å². The van der Waals surface area contributed by atoms with Gasteiger partial charge in [-0.1, -0.05) is 45.0 Å². The number of nitrogens with one attached hydrogen (secondary N) is 2. The molecule has 0 aliphatic heterocycles. The summed E-state index contributed by atoms with van der Waals surface area (Å²) in [5.74, 6) is -0.222. The third-order valence-corrected chi connectivity index (χ3v) is 4.62. The molecule has 1 aromatic rings. The molecule has 1 aliphatic rings. The maximum absolute atomic E-state index is 12.3. The van der Waals surface area contributed by atoms with Gasteiger partial charge in [0.25, 0.3) is 0 Å². The molecule has 5 heteroatoms. The molecule has 0 saturated heterocycles. The molecule has 0 radical (unpaired) electrons. The first-order valence-corrected chi connectivity index (χ1v) is 8.53. The number of carbonyl (C=O) groups excluding carboxylic acids is 2. The van der Waals surface area contributed by atoms with Crippen LogP contribution in [0.4, 0.5) is 4.79 Å². The van der Waals surface area contributed by atoms with Crippen LogP contribution in [0.2, 0.25) is 0 Å². The zero-order chi connectivity index (χ0) is 16.8. The summed E-state index contributed by atoms with van der Waals surface area (Å²) in [6, 6.07) is 7.46. The second kappa shape index (κ2) is 8.11. The Kier molecular flexibility index (Phi) is 6.16. The predicted octanol–water partition coefficient (Wildman–Crippen LogP) is 2.62. The van der Waals surface area contributed by atoms with Crippen LogP contribution < -0.4 is 10.6 Å². The summed E-state index contributed by atoms with van der Waals surface area (Å²) in [7, 11) is 0. The van der Waals surface area contributed by atoms with Crippen LogP contribution in [0.3, 0.4) is 0 Å². The Morgan fingerprint density at radius 1 is 1.22 bits per heavy atom. The third-order valence-electron chi connectivity index (χ3n) is 4.62. The number of benzene rings is 1. The molecule has 0 bridgehead atoms. The van der Waals surface area contributed by atoms with E-state index in [4.69, 9.17) is 0 Å². The van der Waals surface area contributed by atoms with E-state index >= 15 is 0 Å². The molecule has 0 saturated carbocycles. The number of hydrogen-bond donors (Lipinski definition) is 2. The lowest BCUT2D eigenvalue weighted by Gasteiger charge is -2.27. The van der Waals surface area contributed by atoms with Crippen LogP contribution in [-0.4, -0.2) is 36.0 Å². The predicted molar refractivity (Wildman–Crippen MR) is 91.2 cm³/mol. The Morgan fingerprint density at radius 3 is 2.57 bits per heavy atom. The Morgan fingerprint density at radius 2 is 1.91 bits per heavy atom. The number of aryl methyl sites for hydroxylation is 1. The fourth-order valence-electron chi connectivity index (χ4n) is 3.37. The van der Waals surface area contributed by atoms with Crippen molar-refractivity contribution in [2.24, 2.45) is 0 Å². The smallest absolute Gasteiger partial charge is 0.321 e. The van der Waals surface area contributed by atoms with Crippen LogP contribution in [0.15, 0.2) is 24.3 Å². The van der Waals surface area contributed by atoms with E-state index in [1.807, 2.05) is 39.0 Å². The molecule has 3 amide bonds. The summed E-state index contributed by atoms with van der Waals surface area (Å²) in [5.41, 5.74) is 2.43. The summed E-state index contributed by atoms with van der Waals surface area (Å²) in [5, 5.41) is 5.44. The first-order valence-electron chi connectivity index (χ1n) is 8.53. The van der Waals surface area contributed by atoms with Crippen LogP contribution >= 0.6 is 0 Å². The second-order valence-electron chi connectivity index (χ2n) is 5.90. The molecule has 5 nitrogen and oxygen atoms in total. The van der Waals surface area contributed by atoms with Gasteiger partial charge in [0.05, 0.1) is 12.1 Å². The zero-order valence-corrected chi connectivity index (χ0v) is 14.3. The Hall–Kier alpha value is -1.88. The number of likely N-dealkylation sites (N-methyl/N-ethyl adjacent to an activating group) is 1. The molecule has 23 heavy (non-hydrogen) atoms. The van der Waals surface area contributed by atoms with Gasteiger partial charge in [-0.25, -0.2) is 4.79 Å². The number of fused-ring (bicyclic) bond motifs is 1. The highest BCUT2D eigenvalue weighted by Crippen LogP contribution is 2.30. The van der Waals surface area contributed by atoms with Crippen LogP contribution in [-0.2, 0) is 11.2 Å². The van der Waals surface area contributed by atoms with Crippen LogP contribution in [0.25, 0.3) is 0 Å². The first kappa shape index (κ1) is 17.5. The van der Waals surface area contributed by atoms with Crippen LogP contribution in [0, 0.1) is 0 Å². The minimum absolute atomic E-state index is 0.00692. The lowest BCUT2D eigenvalue weighted by Crippen LogP contribution is -2.51. The van der Waals surface area contributed by atoms with Gasteiger partial charge in [-0.3, -0.25) is 15.0 Å². The summed E-state index contributed by atoms with van der Waals surface area (Å²) in [6.45, 7) is 7.59. The maximum Gasteiger partial charge on any atom is 0.321 e. The zero-order valence-electron chi connectivity index (χ0n) is 14.3. The van der Waals surface area contributed by atoms with Crippen molar-refractivity contribution in [3.8, 4) is 0 Å². The van der Waals surface area contributed by atoms with E-state index in [0.717, 1.165) is 31.5 Å². The molecular weight excluding hydrogens is 290 g/mol. The third kappa shape index (κ3) is 4.10. The Labute approximate surface area is 138 Å². The SMILES string of the molecule is CCC(C(=O)NC(=O)NC1CCc2ccccc21)N(CC)CC. The Bertz CT molecular complexity index is 555. The van der Waals surface area contributed by atoms with E-state index in [2.05, 4.69) is 21.6 Å². The van der Waals surface area contributed by atoms with Crippen molar-refractivity contribution in [3.05, 3.63) is 35.4 Å². The van der Waals surface area contributed by atoms with Gasteiger partial charge in [0.2, 0.25) is 5.91 Å². The average molecular weight is 317 g/mol. The number of rotatable bonds is 6. The number of amides is 3. The quantitative estimate of drug-likeness (QED) is 0.848. The van der Waals surface area contributed by atoms with E-state index in [9.17, 15) is 9.59 Å². The van der Waals surface area contributed by atoms with E-state index in [-0.39, 0.29) is 18.0 Å². The van der Waals surface area contributed by atoms with Crippen molar-refractivity contribution in [1.82, 2.24) is 15.5 Å². The molecule has 0 aromatic heterocycles. The fourth-order valence-corrected chi connectivity index (χ4v) is 3.37. The van der Waals surface area contributed by atoms with Gasteiger partial charge in [0, 0.05) is 0 Å². The van der Waals surface area contributed by atoms with Crippen molar-refractivity contribution in [2.45, 2.75) is 52.1 Å². The van der Waals surface area contributed by atoms with Gasteiger partial charge >= 0.3 is 6.03 Å². The number of hydrogen-bond acceptors (Lipinski definition) is 3. The molecule has 2 atom stereocenters. The lowest BCUT2D eigenvalue weighted by atomic mass is 10.1. The molecule has 0 heterocycles. The van der Waals surface area contributed by atoms with Gasteiger partial charge in [-0.05, 0) is 43.5 Å². The van der Waals surface area contributed by atoms with Crippen molar-refractivity contribution >= 4 is 11.9 Å². The number of nitrogens with zero attached hydrogens (tertiary/aromatic N) is 1. The van der Waals surface area contributed by atoms with Crippen molar-refractivity contribution in [3.63, 3.8) is 0 Å². The number of urea groups is 1. The van der Waals surface area contributed by atoms with Crippen molar-refractivity contribution in [1.29, 1.82) is 0 Å². The van der Waals surface area contributed by atoms with E-state index in [1.165, 1.54) is 5.56 Å². The normalized spacial score (nSPS) is 17.7. The molecule has 2 rings (SSSR count). The monoisotopic (exact) mass is 317 g/mol. The van der Waals surface area contributed by atoms with Gasteiger partial charge in [-0.15, -0.1) is 0 Å². The average Bonchev–Trinajstić information content (AvgIpc) is 2.95. The first-order chi connectivity index (χ1) is 11.1. The van der Waals surface area contributed by atoms with Crippen molar-refractivity contribution in [2.75, 3.05) is 13.1 Å². The molecule has 2 N–H and O–H groups in total. The van der Waals surface area contributed by atoms with E-state index < -0.39 is 6.03 Å². The number of carbonyl (C=O) groups is 2. The molecular formula is C18H27N3O2. The number of imide groups is 1. The van der Waals surface area contributed by atoms with Crippen LogP contribution in [0.5, 0.6) is 0 Å². The van der Waals surface area contributed by atoms with Crippen molar-refractivity contribution < 1.29 is 9.59 Å².